The van der Waals surface area contributed by atoms with Crippen LogP contribution in [0.5, 0.6) is 0 Å². The Kier molecular flexibility index (Phi) is 5.39. The van der Waals surface area contributed by atoms with Crippen LogP contribution >= 0.6 is 33.9 Å². The second kappa shape index (κ2) is 6.34. The minimum atomic E-state index is -0.0530. The number of halogens is 1. The zero-order valence-electron chi connectivity index (χ0n) is 8.05. The molecule has 0 aliphatic carbocycles. The number of carbonyl (C=O) groups excluding carboxylic acids is 1. The standard InChI is InChI=1S/C9H13IN2OS/c1-7-12-8(6-14-7)9(13)11-5-3-2-4-10/h6H,2-5H2,1H3,(H,11,13). The Hall–Kier alpha value is -0.170. The van der Waals surface area contributed by atoms with Crippen LogP contribution in [0, 0.1) is 6.92 Å². The van der Waals surface area contributed by atoms with E-state index in [9.17, 15) is 4.79 Å². The quantitative estimate of drug-likeness (QED) is 0.513. The summed E-state index contributed by atoms with van der Waals surface area (Å²) >= 11 is 3.84. The van der Waals surface area contributed by atoms with E-state index < -0.39 is 0 Å². The number of amides is 1. The molecule has 1 aromatic heterocycles. The van der Waals surface area contributed by atoms with E-state index in [-0.39, 0.29) is 5.91 Å². The van der Waals surface area contributed by atoms with Gasteiger partial charge in [0, 0.05) is 11.9 Å². The smallest absolute Gasteiger partial charge is 0.270 e. The number of hydrogen-bond donors (Lipinski definition) is 1. The van der Waals surface area contributed by atoms with Crippen molar-refractivity contribution >= 4 is 39.8 Å². The highest BCUT2D eigenvalue weighted by molar-refractivity contribution is 14.1. The van der Waals surface area contributed by atoms with Crippen molar-refractivity contribution in [3.8, 4) is 0 Å². The number of alkyl halides is 1. The zero-order valence-corrected chi connectivity index (χ0v) is 11.0. The molecule has 3 nitrogen and oxygen atoms in total. The van der Waals surface area contributed by atoms with Crippen LogP contribution in [0.15, 0.2) is 5.38 Å². The van der Waals surface area contributed by atoms with Crippen molar-refractivity contribution in [1.29, 1.82) is 0 Å². The van der Waals surface area contributed by atoms with Crippen molar-refractivity contribution in [3.63, 3.8) is 0 Å². The first-order valence-corrected chi connectivity index (χ1v) is 6.91. The Morgan fingerprint density at radius 3 is 3.00 bits per heavy atom. The number of nitrogens with zero attached hydrogens (tertiary/aromatic N) is 1. The van der Waals surface area contributed by atoms with E-state index in [0.717, 1.165) is 28.8 Å². The lowest BCUT2D eigenvalue weighted by Gasteiger charge is -2.00. The molecule has 0 aromatic carbocycles. The van der Waals surface area contributed by atoms with Crippen LogP contribution in [0.4, 0.5) is 0 Å². The van der Waals surface area contributed by atoms with Crippen molar-refractivity contribution in [2.75, 3.05) is 11.0 Å². The zero-order chi connectivity index (χ0) is 10.4. The molecule has 0 fully saturated rings. The summed E-state index contributed by atoms with van der Waals surface area (Å²) < 4.78 is 1.14. The van der Waals surface area contributed by atoms with Gasteiger partial charge in [0.15, 0.2) is 0 Å². The number of rotatable bonds is 5. The minimum absolute atomic E-state index is 0.0530. The molecule has 0 saturated heterocycles. The fraction of sp³-hybridized carbons (Fsp3) is 0.556. The van der Waals surface area contributed by atoms with Crippen LogP contribution in [-0.2, 0) is 0 Å². The van der Waals surface area contributed by atoms with Gasteiger partial charge in [0.1, 0.15) is 5.69 Å². The van der Waals surface area contributed by atoms with Crippen LogP contribution in [-0.4, -0.2) is 21.9 Å². The summed E-state index contributed by atoms with van der Waals surface area (Å²) in [6.07, 6.45) is 2.19. The lowest BCUT2D eigenvalue weighted by Crippen LogP contribution is -2.24. The Morgan fingerprint density at radius 1 is 1.64 bits per heavy atom. The summed E-state index contributed by atoms with van der Waals surface area (Å²) in [4.78, 5) is 15.6. The van der Waals surface area contributed by atoms with Crippen molar-refractivity contribution < 1.29 is 4.79 Å². The maximum atomic E-state index is 11.5. The fourth-order valence-electron chi connectivity index (χ4n) is 0.980. The van der Waals surface area contributed by atoms with E-state index in [4.69, 9.17) is 0 Å². The maximum Gasteiger partial charge on any atom is 0.270 e. The van der Waals surface area contributed by atoms with E-state index in [1.54, 1.807) is 5.38 Å². The van der Waals surface area contributed by atoms with Crippen molar-refractivity contribution in [3.05, 3.63) is 16.1 Å². The first kappa shape index (κ1) is 11.9. The van der Waals surface area contributed by atoms with Crippen molar-refractivity contribution in [1.82, 2.24) is 10.3 Å². The molecule has 0 spiro atoms. The Morgan fingerprint density at radius 2 is 2.43 bits per heavy atom. The average Bonchev–Trinajstić information content (AvgIpc) is 2.59. The molecule has 0 atom stereocenters. The summed E-state index contributed by atoms with van der Waals surface area (Å²) in [5, 5.41) is 5.58. The van der Waals surface area contributed by atoms with E-state index in [1.807, 2.05) is 6.92 Å². The van der Waals surface area contributed by atoms with E-state index in [0.29, 0.717) is 5.69 Å². The predicted molar refractivity (Wildman–Crippen MR) is 67.3 cm³/mol. The molecule has 1 N–H and O–H groups in total. The van der Waals surface area contributed by atoms with Crippen LogP contribution in [0.3, 0.4) is 0 Å². The van der Waals surface area contributed by atoms with Crippen molar-refractivity contribution in [2.45, 2.75) is 19.8 Å². The second-order valence-corrected chi connectivity index (χ2v) is 5.04. The molecular weight excluding hydrogens is 311 g/mol. The summed E-state index contributed by atoms with van der Waals surface area (Å²) in [7, 11) is 0. The average molecular weight is 324 g/mol. The SMILES string of the molecule is Cc1nc(C(=O)NCCCCI)cs1. The molecule has 0 bridgehead atoms. The highest BCUT2D eigenvalue weighted by Crippen LogP contribution is 2.07. The molecule has 0 radical (unpaired) electrons. The number of unbranched alkanes of at least 4 members (excludes halogenated alkanes) is 1. The largest absolute Gasteiger partial charge is 0.351 e. The third-order valence-electron chi connectivity index (χ3n) is 1.70. The number of aromatic nitrogens is 1. The number of thiazole rings is 1. The van der Waals surface area contributed by atoms with Gasteiger partial charge < -0.3 is 5.32 Å². The molecule has 0 aliphatic rings. The van der Waals surface area contributed by atoms with Gasteiger partial charge >= 0.3 is 0 Å². The molecule has 1 aromatic rings. The highest BCUT2D eigenvalue weighted by Gasteiger charge is 2.07. The molecule has 78 valence electrons. The van der Waals surface area contributed by atoms with Gasteiger partial charge in [-0.2, -0.15) is 0 Å². The molecule has 1 rings (SSSR count). The van der Waals surface area contributed by atoms with Gasteiger partial charge in [0.2, 0.25) is 0 Å². The number of carbonyl (C=O) groups is 1. The third kappa shape index (κ3) is 3.91. The van der Waals surface area contributed by atoms with Gasteiger partial charge in [-0.1, -0.05) is 22.6 Å². The molecule has 1 amide bonds. The molecule has 0 unspecified atom stereocenters. The van der Waals surface area contributed by atoms with Gasteiger partial charge in [0.25, 0.3) is 5.91 Å². The van der Waals surface area contributed by atoms with Crippen LogP contribution < -0.4 is 5.32 Å². The van der Waals surface area contributed by atoms with Gasteiger partial charge in [0.05, 0.1) is 5.01 Å². The van der Waals surface area contributed by atoms with Gasteiger partial charge in [-0.25, -0.2) is 4.98 Å². The molecule has 0 saturated carbocycles. The Balaban J connectivity index is 2.29. The number of nitrogens with one attached hydrogen (secondary N) is 1. The van der Waals surface area contributed by atoms with Gasteiger partial charge in [-0.3, -0.25) is 4.79 Å². The number of aryl methyl sites for hydroxylation is 1. The van der Waals surface area contributed by atoms with E-state index in [2.05, 4.69) is 32.9 Å². The van der Waals surface area contributed by atoms with E-state index >= 15 is 0 Å². The van der Waals surface area contributed by atoms with Gasteiger partial charge in [-0.15, -0.1) is 11.3 Å². The fourth-order valence-corrected chi connectivity index (χ4v) is 2.11. The molecule has 1 heterocycles. The first-order valence-electron chi connectivity index (χ1n) is 4.50. The Labute approximate surface area is 101 Å². The summed E-state index contributed by atoms with van der Waals surface area (Å²) in [6, 6.07) is 0. The number of hydrogen-bond acceptors (Lipinski definition) is 3. The topological polar surface area (TPSA) is 42.0 Å². The molecule has 5 heteroatoms. The summed E-state index contributed by atoms with van der Waals surface area (Å²) in [6.45, 7) is 2.65. The molecule has 0 aliphatic heterocycles. The minimum Gasteiger partial charge on any atom is -0.351 e. The van der Waals surface area contributed by atoms with Crippen molar-refractivity contribution in [2.24, 2.45) is 0 Å². The lowest BCUT2D eigenvalue weighted by atomic mass is 10.3. The summed E-state index contributed by atoms with van der Waals surface area (Å²) in [5.74, 6) is -0.0530. The lowest BCUT2D eigenvalue weighted by molar-refractivity contribution is 0.0949. The van der Waals surface area contributed by atoms with E-state index in [1.165, 1.54) is 11.3 Å². The summed E-state index contributed by atoms with van der Waals surface area (Å²) in [5.41, 5.74) is 0.543. The monoisotopic (exact) mass is 324 g/mol. The Bertz CT molecular complexity index is 301. The molecular formula is C9H13IN2OS. The second-order valence-electron chi connectivity index (χ2n) is 2.90. The van der Waals surface area contributed by atoms with Crippen LogP contribution in [0.25, 0.3) is 0 Å². The third-order valence-corrected chi connectivity index (χ3v) is 3.23. The first-order chi connectivity index (χ1) is 6.74. The van der Waals surface area contributed by atoms with Crippen LogP contribution in [0.1, 0.15) is 28.3 Å². The normalized spacial score (nSPS) is 10.1. The highest BCUT2D eigenvalue weighted by atomic mass is 127. The van der Waals surface area contributed by atoms with Gasteiger partial charge in [-0.05, 0) is 24.2 Å². The van der Waals surface area contributed by atoms with Crippen LogP contribution in [0.2, 0.25) is 0 Å². The molecule has 14 heavy (non-hydrogen) atoms. The predicted octanol–water partition coefficient (Wildman–Crippen LogP) is 2.40. The maximum absolute atomic E-state index is 11.5.